The number of unbranched alkanes of at least 4 members (excludes halogenated alkanes) is 1. The number of nitrogens with two attached hydrogens (primary N) is 1. The SMILES string of the molecule is CN[C@H](Cc1cccs1)C(=O)N[C@@H](CCCCNC(=O)OCC(Cl)(Cl)Cl)C(N)=O. The number of rotatable bonds is 12. The molecule has 0 saturated carbocycles. The molecule has 2 atom stereocenters. The Morgan fingerprint density at radius 3 is 2.52 bits per heavy atom. The van der Waals surface area contributed by atoms with E-state index in [0.29, 0.717) is 32.2 Å². The van der Waals surface area contributed by atoms with Crippen molar-refractivity contribution in [2.45, 2.75) is 41.6 Å². The number of primary amides is 1. The minimum Gasteiger partial charge on any atom is -0.445 e. The normalized spacial score (nSPS) is 13.4. The molecule has 5 N–H and O–H groups in total. The Bertz CT molecular complexity index is 656. The number of thiophene rings is 1. The molecule has 0 aliphatic heterocycles. The van der Waals surface area contributed by atoms with E-state index < -0.39 is 27.9 Å². The van der Waals surface area contributed by atoms with Crippen LogP contribution in [0.1, 0.15) is 24.1 Å². The zero-order valence-electron chi connectivity index (χ0n) is 15.9. The third kappa shape index (κ3) is 11.5. The summed E-state index contributed by atoms with van der Waals surface area (Å²) in [6.07, 6.45) is 1.26. The Labute approximate surface area is 188 Å². The lowest BCUT2D eigenvalue weighted by Crippen LogP contribution is -2.51. The minimum atomic E-state index is -1.67. The summed E-state index contributed by atoms with van der Waals surface area (Å²) in [7, 11) is 1.69. The summed E-state index contributed by atoms with van der Waals surface area (Å²) in [6, 6.07) is 2.60. The number of halogens is 3. The van der Waals surface area contributed by atoms with E-state index in [4.69, 9.17) is 45.3 Å². The Morgan fingerprint density at radius 1 is 1.24 bits per heavy atom. The number of carbonyl (C=O) groups excluding carboxylic acids is 3. The Kier molecular flexibility index (Phi) is 11.7. The summed E-state index contributed by atoms with van der Waals surface area (Å²) in [4.78, 5) is 36.6. The third-order valence-corrected chi connectivity index (χ3v) is 5.09. The number of alkyl halides is 3. The van der Waals surface area contributed by atoms with Gasteiger partial charge in [-0.05, 0) is 37.8 Å². The molecule has 29 heavy (non-hydrogen) atoms. The quantitative estimate of drug-likeness (QED) is 0.266. The number of alkyl carbamates (subject to hydrolysis) is 1. The van der Waals surface area contributed by atoms with Crippen LogP contribution in [0.2, 0.25) is 0 Å². The molecule has 0 aliphatic rings. The van der Waals surface area contributed by atoms with Crippen LogP contribution in [0.5, 0.6) is 0 Å². The summed E-state index contributed by atoms with van der Waals surface area (Å²) in [5, 5.41) is 10.1. The molecule has 164 valence electrons. The molecule has 1 rings (SSSR count). The van der Waals surface area contributed by atoms with Crippen molar-refractivity contribution in [2.75, 3.05) is 20.2 Å². The Morgan fingerprint density at radius 2 is 1.97 bits per heavy atom. The van der Waals surface area contributed by atoms with E-state index >= 15 is 0 Å². The molecule has 0 aromatic carbocycles. The number of ether oxygens (including phenoxy) is 1. The zero-order chi connectivity index (χ0) is 21.9. The van der Waals surface area contributed by atoms with Crippen LogP contribution in [-0.2, 0) is 20.7 Å². The predicted molar refractivity (Wildman–Crippen MR) is 115 cm³/mol. The Hall–Kier alpha value is -1.26. The molecule has 1 aromatic rings. The van der Waals surface area contributed by atoms with Crippen molar-refractivity contribution in [2.24, 2.45) is 5.73 Å². The van der Waals surface area contributed by atoms with Crippen LogP contribution in [-0.4, -0.2) is 54.0 Å². The van der Waals surface area contributed by atoms with Crippen LogP contribution in [0.3, 0.4) is 0 Å². The van der Waals surface area contributed by atoms with Gasteiger partial charge in [0.1, 0.15) is 12.6 Å². The molecule has 12 heteroatoms. The van der Waals surface area contributed by atoms with Gasteiger partial charge in [-0.3, -0.25) is 9.59 Å². The minimum absolute atomic E-state index is 0.293. The van der Waals surface area contributed by atoms with Gasteiger partial charge >= 0.3 is 6.09 Å². The molecule has 0 bridgehead atoms. The highest BCUT2D eigenvalue weighted by Crippen LogP contribution is 2.25. The lowest BCUT2D eigenvalue weighted by molar-refractivity contribution is -0.128. The predicted octanol–water partition coefficient (Wildman–Crippen LogP) is 2.12. The van der Waals surface area contributed by atoms with Gasteiger partial charge in [-0.25, -0.2) is 4.79 Å². The van der Waals surface area contributed by atoms with E-state index in [2.05, 4.69) is 16.0 Å². The molecular formula is C17H25Cl3N4O4S. The fraction of sp³-hybridized carbons (Fsp3) is 0.588. The number of carbonyl (C=O) groups is 3. The van der Waals surface area contributed by atoms with Crippen LogP contribution in [0, 0.1) is 0 Å². The molecule has 0 aliphatic carbocycles. The van der Waals surface area contributed by atoms with Crippen molar-refractivity contribution in [3.8, 4) is 0 Å². The van der Waals surface area contributed by atoms with E-state index in [0.717, 1.165) is 4.88 Å². The summed E-state index contributed by atoms with van der Waals surface area (Å²) in [6.45, 7) is -0.0625. The van der Waals surface area contributed by atoms with Crippen molar-refractivity contribution in [3.63, 3.8) is 0 Å². The number of likely N-dealkylation sites (N-methyl/N-ethyl adjacent to an activating group) is 1. The van der Waals surface area contributed by atoms with Gasteiger partial charge in [0.05, 0.1) is 6.04 Å². The zero-order valence-corrected chi connectivity index (χ0v) is 19.0. The molecule has 8 nitrogen and oxygen atoms in total. The highest BCUT2D eigenvalue weighted by Gasteiger charge is 2.24. The third-order valence-electron chi connectivity index (χ3n) is 3.87. The van der Waals surface area contributed by atoms with Crippen LogP contribution in [0.4, 0.5) is 4.79 Å². The highest BCUT2D eigenvalue weighted by molar-refractivity contribution is 7.09. The molecule has 3 amide bonds. The number of hydrogen-bond acceptors (Lipinski definition) is 6. The van der Waals surface area contributed by atoms with Crippen molar-refractivity contribution in [1.82, 2.24) is 16.0 Å². The second-order valence-electron chi connectivity index (χ2n) is 6.20. The lowest BCUT2D eigenvalue weighted by atomic mass is 10.1. The van der Waals surface area contributed by atoms with Gasteiger partial charge in [-0.1, -0.05) is 40.9 Å². The molecular weight excluding hydrogens is 463 g/mol. The van der Waals surface area contributed by atoms with Crippen LogP contribution in [0.15, 0.2) is 17.5 Å². The smallest absolute Gasteiger partial charge is 0.407 e. The summed E-state index contributed by atoms with van der Waals surface area (Å²) in [5.74, 6) is -0.905. The molecule has 1 heterocycles. The van der Waals surface area contributed by atoms with Gasteiger partial charge in [0.25, 0.3) is 0 Å². The lowest BCUT2D eigenvalue weighted by Gasteiger charge is -2.20. The van der Waals surface area contributed by atoms with Crippen LogP contribution < -0.4 is 21.7 Å². The molecule has 1 aromatic heterocycles. The molecule has 0 saturated heterocycles. The van der Waals surface area contributed by atoms with Gasteiger partial charge in [0.2, 0.25) is 15.6 Å². The van der Waals surface area contributed by atoms with Gasteiger partial charge in [-0.2, -0.15) is 0 Å². The molecule has 0 spiro atoms. The second kappa shape index (κ2) is 13.1. The maximum atomic E-state index is 12.5. The molecule has 0 fully saturated rings. The van der Waals surface area contributed by atoms with Crippen molar-refractivity contribution < 1.29 is 19.1 Å². The van der Waals surface area contributed by atoms with Crippen molar-refractivity contribution in [3.05, 3.63) is 22.4 Å². The number of amides is 3. The van der Waals surface area contributed by atoms with E-state index in [1.165, 1.54) is 0 Å². The van der Waals surface area contributed by atoms with E-state index in [1.54, 1.807) is 18.4 Å². The largest absolute Gasteiger partial charge is 0.445 e. The first-order valence-electron chi connectivity index (χ1n) is 8.89. The maximum absolute atomic E-state index is 12.5. The first-order valence-corrected chi connectivity index (χ1v) is 10.9. The number of nitrogens with one attached hydrogen (secondary N) is 3. The average molecular weight is 488 g/mol. The average Bonchev–Trinajstić information content (AvgIpc) is 3.15. The summed E-state index contributed by atoms with van der Waals surface area (Å²) in [5.41, 5.74) is 5.41. The monoisotopic (exact) mass is 486 g/mol. The topological polar surface area (TPSA) is 123 Å². The van der Waals surface area contributed by atoms with Crippen LogP contribution >= 0.6 is 46.1 Å². The van der Waals surface area contributed by atoms with Gasteiger partial charge in [-0.15, -0.1) is 11.3 Å². The van der Waals surface area contributed by atoms with Gasteiger partial charge in [0, 0.05) is 17.8 Å². The Balaban J connectivity index is 2.34. The second-order valence-corrected chi connectivity index (χ2v) is 9.75. The maximum Gasteiger partial charge on any atom is 0.407 e. The van der Waals surface area contributed by atoms with Gasteiger partial charge in [0.15, 0.2) is 0 Å². The van der Waals surface area contributed by atoms with Crippen molar-refractivity contribution >= 4 is 64.0 Å². The van der Waals surface area contributed by atoms with E-state index in [-0.39, 0.29) is 12.5 Å². The summed E-state index contributed by atoms with van der Waals surface area (Å²) < 4.78 is 3.06. The number of hydrogen-bond donors (Lipinski definition) is 4. The fourth-order valence-electron chi connectivity index (χ4n) is 2.38. The van der Waals surface area contributed by atoms with E-state index in [9.17, 15) is 14.4 Å². The molecule has 0 unspecified atom stereocenters. The van der Waals surface area contributed by atoms with E-state index in [1.807, 2.05) is 17.5 Å². The first-order chi connectivity index (χ1) is 13.6. The highest BCUT2D eigenvalue weighted by atomic mass is 35.6. The fourth-order valence-corrected chi connectivity index (χ4v) is 3.29. The van der Waals surface area contributed by atoms with Crippen LogP contribution in [0.25, 0.3) is 0 Å². The first kappa shape index (κ1) is 25.8. The van der Waals surface area contributed by atoms with Gasteiger partial charge < -0.3 is 26.4 Å². The van der Waals surface area contributed by atoms with Crippen molar-refractivity contribution in [1.29, 1.82) is 0 Å². The summed E-state index contributed by atoms with van der Waals surface area (Å²) >= 11 is 18.0. The standard InChI is InChI=1S/C17H25Cl3N4O4S/c1-22-13(9-11-5-4-8-29-11)15(26)24-12(14(21)25)6-2-3-7-23-16(27)28-10-17(18,19)20/h4-5,8,12-13,22H,2-3,6-7,9-10H2,1H3,(H2,21,25)(H,23,27)(H,24,26)/t12-,13+/m0/s1. The molecule has 0 radical (unpaired) electrons.